The lowest BCUT2D eigenvalue weighted by atomic mass is 10.0. The normalized spacial score (nSPS) is 15.5. The number of phenolic OH excluding ortho intramolecular Hbond substituents is 1. The van der Waals surface area contributed by atoms with Crippen LogP contribution in [0.25, 0.3) is 11.0 Å². The Bertz CT molecular complexity index is 1090. The maximum Gasteiger partial charge on any atom is 0.259 e. The minimum Gasteiger partial charge on any atom is -0.508 e. The number of aromatic hydroxyl groups is 1. The molecule has 4 rings (SSSR count). The van der Waals surface area contributed by atoms with Crippen molar-refractivity contribution in [3.8, 4) is 5.75 Å². The molecule has 1 fully saturated rings. The number of carbonyl (C=O) groups excluding carboxylic acids is 1. The number of benzene rings is 2. The number of hydrogen-bond acceptors (Lipinski definition) is 5. The van der Waals surface area contributed by atoms with Crippen molar-refractivity contribution in [3.05, 3.63) is 58.8 Å². The van der Waals surface area contributed by atoms with Crippen LogP contribution in [0.2, 0.25) is 0 Å². The molecule has 1 amide bonds. The highest BCUT2D eigenvalue weighted by molar-refractivity contribution is 6.14. The van der Waals surface area contributed by atoms with Crippen molar-refractivity contribution in [2.45, 2.75) is 40.2 Å². The van der Waals surface area contributed by atoms with Crippen molar-refractivity contribution in [3.63, 3.8) is 0 Å². The lowest BCUT2D eigenvalue weighted by Crippen LogP contribution is -2.45. The van der Waals surface area contributed by atoms with Crippen LogP contribution in [0.15, 0.2) is 40.8 Å². The van der Waals surface area contributed by atoms with Crippen molar-refractivity contribution in [2.24, 2.45) is 0 Å². The summed E-state index contributed by atoms with van der Waals surface area (Å²) in [4.78, 5) is 18.0. The highest BCUT2D eigenvalue weighted by Gasteiger charge is 2.25. The standard InChI is InChI=1S/C26H33N3O3/c1-5-28-12-14-29(15-13-28)16-21-22(30)10-11-23-25(21)24(18(4)32-23)26(31)27-20-8-6-19(7-9-20)17(2)3/h6-11,17,30H,5,12-16H2,1-4H3,(H,27,31). The van der Waals surface area contributed by atoms with E-state index in [1.165, 1.54) is 5.56 Å². The van der Waals surface area contributed by atoms with Gasteiger partial charge in [0.05, 0.1) is 5.56 Å². The van der Waals surface area contributed by atoms with Gasteiger partial charge in [-0.3, -0.25) is 9.69 Å². The molecule has 0 bridgehead atoms. The number of phenols is 1. The van der Waals surface area contributed by atoms with Gasteiger partial charge in [-0.1, -0.05) is 32.9 Å². The molecule has 0 unspecified atom stereocenters. The maximum atomic E-state index is 13.3. The van der Waals surface area contributed by atoms with Crippen LogP contribution in [0, 0.1) is 6.92 Å². The van der Waals surface area contributed by atoms with Gasteiger partial charge in [0.25, 0.3) is 5.91 Å². The number of aryl methyl sites for hydroxylation is 1. The summed E-state index contributed by atoms with van der Waals surface area (Å²) in [6, 6.07) is 11.3. The van der Waals surface area contributed by atoms with Gasteiger partial charge < -0.3 is 19.7 Å². The van der Waals surface area contributed by atoms with Crippen LogP contribution < -0.4 is 5.32 Å². The molecule has 0 radical (unpaired) electrons. The molecule has 3 aromatic rings. The first-order chi connectivity index (χ1) is 15.4. The Morgan fingerprint density at radius 1 is 1.06 bits per heavy atom. The van der Waals surface area contributed by atoms with Crippen molar-refractivity contribution >= 4 is 22.6 Å². The summed E-state index contributed by atoms with van der Waals surface area (Å²) in [5.74, 6) is 0.969. The average Bonchev–Trinajstić information content (AvgIpc) is 3.13. The number of anilines is 1. The molecule has 0 saturated carbocycles. The Morgan fingerprint density at radius 3 is 2.34 bits per heavy atom. The summed E-state index contributed by atoms with van der Waals surface area (Å²) in [5.41, 5.74) is 3.84. The van der Waals surface area contributed by atoms with E-state index in [1.807, 2.05) is 24.3 Å². The van der Waals surface area contributed by atoms with Crippen molar-refractivity contribution in [1.82, 2.24) is 9.80 Å². The molecule has 1 saturated heterocycles. The molecule has 0 spiro atoms. The minimum atomic E-state index is -0.221. The quantitative estimate of drug-likeness (QED) is 0.573. The Morgan fingerprint density at radius 2 is 1.72 bits per heavy atom. The molecule has 6 heteroatoms. The van der Waals surface area contributed by atoms with Crippen LogP contribution in [0.4, 0.5) is 5.69 Å². The van der Waals surface area contributed by atoms with E-state index in [4.69, 9.17) is 4.42 Å². The monoisotopic (exact) mass is 435 g/mol. The van der Waals surface area contributed by atoms with E-state index in [0.29, 0.717) is 34.8 Å². The molecule has 0 atom stereocenters. The first kappa shape index (κ1) is 22.4. The Labute approximate surface area is 189 Å². The maximum absolute atomic E-state index is 13.3. The number of hydrogen-bond donors (Lipinski definition) is 2. The van der Waals surface area contributed by atoms with Crippen LogP contribution in [-0.2, 0) is 6.54 Å². The number of fused-ring (bicyclic) bond motifs is 1. The number of piperazine rings is 1. The van der Waals surface area contributed by atoms with Gasteiger partial charge in [-0.15, -0.1) is 0 Å². The summed E-state index contributed by atoms with van der Waals surface area (Å²) in [6.45, 7) is 13.8. The van der Waals surface area contributed by atoms with Crippen LogP contribution in [0.1, 0.15) is 53.9 Å². The van der Waals surface area contributed by atoms with Gasteiger partial charge in [-0.2, -0.15) is 0 Å². The number of carbonyl (C=O) groups is 1. The highest BCUT2D eigenvalue weighted by atomic mass is 16.3. The Hall–Kier alpha value is -2.83. The van der Waals surface area contributed by atoms with Crippen LogP contribution >= 0.6 is 0 Å². The fourth-order valence-corrected chi connectivity index (χ4v) is 4.43. The Balaban J connectivity index is 1.63. The number of nitrogens with zero attached hydrogens (tertiary/aromatic N) is 2. The lowest BCUT2D eigenvalue weighted by Gasteiger charge is -2.34. The summed E-state index contributed by atoms with van der Waals surface area (Å²) in [6.07, 6.45) is 0. The van der Waals surface area contributed by atoms with Gasteiger partial charge in [-0.25, -0.2) is 0 Å². The van der Waals surface area contributed by atoms with E-state index in [0.717, 1.165) is 44.0 Å². The zero-order valence-corrected chi connectivity index (χ0v) is 19.4. The lowest BCUT2D eigenvalue weighted by molar-refractivity contribution is 0.102. The first-order valence-electron chi connectivity index (χ1n) is 11.5. The molecule has 2 N–H and O–H groups in total. The zero-order chi connectivity index (χ0) is 22.8. The molecule has 1 aliphatic heterocycles. The fourth-order valence-electron chi connectivity index (χ4n) is 4.43. The largest absolute Gasteiger partial charge is 0.508 e. The van der Waals surface area contributed by atoms with E-state index in [-0.39, 0.29) is 11.7 Å². The average molecular weight is 436 g/mol. The van der Waals surface area contributed by atoms with Gasteiger partial charge in [0.15, 0.2) is 0 Å². The summed E-state index contributed by atoms with van der Waals surface area (Å²) < 4.78 is 5.93. The van der Waals surface area contributed by atoms with Crippen LogP contribution in [-0.4, -0.2) is 53.5 Å². The third-order valence-corrected chi connectivity index (χ3v) is 6.47. The molecule has 6 nitrogen and oxygen atoms in total. The van der Waals surface area contributed by atoms with Gasteiger partial charge in [0, 0.05) is 49.4 Å². The van der Waals surface area contributed by atoms with E-state index in [1.54, 1.807) is 19.1 Å². The predicted molar refractivity (Wildman–Crippen MR) is 128 cm³/mol. The molecular formula is C26H33N3O3. The Kier molecular flexibility index (Phi) is 6.53. The van der Waals surface area contributed by atoms with Crippen molar-refractivity contribution < 1.29 is 14.3 Å². The summed E-state index contributed by atoms with van der Waals surface area (Å²) in [7, 11) is 0. The van der Waals surface area contributed by atoms with Gasteiger partial charge in [0.1, 0.15) is 17.1 Å². The summed E-state index contributed by atoms with van der Waals surface area (Å²) in [5, 5.41) is 14.4. The number of rotatable bonds is 6. The van der Waals surface area contributed by atoms with Crippen LogP contribution in [0.3, 0.4) is 0 Å². The number of likely N-dealkylation sites (N-methyl/N-ethyl adjacent to an activating group) is 1. The third-order valence-electron chi connectivity index (χ3n) is 6.47. The molecule has 1 aromatic heterocycles. The molecule has 1 aliphatic rings. The second-order valence-electron chi connectivity index (χ2n) is 8.91. The molecule has 2 aromatic carbocycles. The second-order valence-corrected chi connectivity index (χ2v) is 8.91. The van der Waals surface area contributed by atoms with E-state index < -0.39 is 0 Å². The van der Waals surface area contributed by atoms with Gasteiger partial charge in [-0.05, 0) is 49.2 Å². The smallest absolute Gasteiger partial charge is 0.259 e. The number of nitrogens with one attached hydrogen (secondary N) is 1. The third kappa shape index (κ3) is 4.52. The zero-order valence-electron chi connectivity index (χ0n) is 19.4. The van der Waals surface area contributed by atoms with E-state index in [2.05, 4.69) is 35.9 Å². The molecule has 170 valence electrons. The fraction of sp³-hybridized carbons (Fsp3) is 0.423. The first-order valence-corrected chi connectivity index (χ1v) is 11.5. The highest BCUT2D eigenvalue weighted by Crippen LogP contribution is 2.35. The van der Waals surface area contributed by atoms with Crippen LogP contribution in [0.5, 0.6) is 5.75 Å². The van der Waals surface area contributed by atoms with Crippen molar-refractivity contribution in [2.75, 3.05) is 38.0 Å². The molecule has 0 aliphatic carbocycles. The van der Waals surface area contributed by atoms with Crippen molar-refractivity contribution in [1.29, 1.82) is 0 Å². The topological polar surface area (TPSA) is 69.0 Å². The van der Waals surface area contributed by atoms with Gasteiger partial charge >= 0.3 is 0 Å². The minimum absolute atomic E-state index is 0.201. The number of furan rings is 1. The molecule has 2 heterocycles. The SMILES string of the molecule is CCN1CCN(Cc2c(O)ccc3oc(C)c(C(=O)Nc4ccc(C(C)C)cc4)c23)CC1. The molecular weight excluding hydrogens is 402 g/mol. The number of amides is 1. The van der Waals surface area contributed by atoms with E-state index in [9.17, 15) is 9.90 Å². The van der Waals surface area contributed by atoms with Gasteiger partial charge in [0.2, 0.25) is 0 Å². The van der Waals surface area contributed by atoms with E-state index >= 15 is 0 Å². The summed E-state index contributed by atoms with van der Waals surface area (Å²) >= 11 is 0. The second kappa shape index (κ2) is 9.35. The predicted octanol–water partition coefficient (Wildman–Crippen LogP) is 4.96. The molecule has 32 heavy (non-hydrogen) atoms.